The summed E-state index contributed by atoms with van der Waals surface area (Å²) in [6.07, 6.45) is 0. The van der Waals surface area contributed by atoms with Gasteiger partial charge in [0.1, 0.15) is 5.69 Å². The minimum absolute atomic E-state index is 0.0249. The molecular formula is C19H19N3O4S. The fraction of sp³-hybridized carbons (Fsp3) is 0.263. The number of carbonyl (C=O) groups is 1. The Kier molecular flexibility index (Phi) is 4.83. The second-order valence-corrected chi connectivity index (χ2v) is 7.30. The van der Waals surface area contributed by atoms with Crippen LogP contribution < -0.4 is 14.8 Å². The van der Waals surface area contributed by atoms with Gasteiger partial charge in [0, 0.05) is 12.6 Å². The van der Waals surface area contributed by atoms with Crippen LogP contribution in [-0.4, -0.2) is 43.4 Å². The van der Waals surface area contributed by atoms with Gasteiger partial charge in [-0.25, -0.2) is 0 Å². The first kappa shape index (κ1) is 17.6. The molecule has 27 heavy (non-hydrogen) atoms. The van der Waals surface area contributed by atoms with Crippen molar-refractivity contribution in [2.24, 2.45) is 0 Å². The maximum atomic E-state index is 12.5. The Bertz CT molecular complexity index is 936. The molecule has 1 aliphatic rings. The van der Waals surface area contributed by atoms with Crippen LogP contribution in [0.5, 0.6) is 11.5 Å². The summed E-state index contributed by atoms with van der Waals surface area (Å²) in [6, 6.07) is 11.3. The quantitative estimate of drug-likeness (QED) is 0.702. The minimum atomic E-state index is -0.294. The number of fused-ring (bicyclic) bond motifs is 1. The van der Waals surface area contributed by atoms with Gasteiger partial charge in [-0.1, -0.05) is 17.3 Å². The van der Waals surface area contributed by atoms with Crippen LogP contribution in [0.1, 0.15) is 22.2 Å². The highest BCUT2D eigenvalue weighted by Crippen LogP contribution is 2.35. The summed E-state index contributed by atoms with van der Waals surface area (Å²) < 4.78 is 16.0. The molecule has 0 saturated heterocycles. The number of hydrogen-bond acceptors (Lipinski definition) is 7. The lowest BCUT2D eigenvalue weighted by molar-refractivity contribution is 0.0905. The molecule has 0 radical (unpaired) electrons. The molecule has 0 aliphatic carbocycles. The Hall–Kier alpha value is -2.84. The van der Waals surface area contributed by atoms with E-state index in [1.807, 2.05) is 54.7 Å². The van der Waals surface area contributed by atoms with Crippen molar-refractivity contribution in [2.75, 3.05) is 27.4 Å². The number of rotatable bonds is 6. The predicted octanol–water partition coefficient (Wildman–Crippen LogP) is 3.16. The third-order valence-corrected chi connectivity index (χ3v) is 5.26. The molecule has 1 amide bonds. The van der Waals surface area contributed by atoms with E-state index in [1.165, 1.54) is 0 Å². The Labute approximate surface area is 160 Å². The molecule has 3 aromatic rings. The van der Waals surface area contributed by atoms with Gasteiger partial charge in [-0.05, 0) is 43.2 Å². The van der Waals surface area contributed by atoms with E-state index in [9.17, 15) is 4.79 Å². The van der Waals surface area contributed by atoms with Gasteiger partial charge < -0.3 is 24.2 Å². The van der Waals surface area contributed by atoms with E-state index in [0.717, 1.165) is 21.9 Å². The minimum Gasteiger partial charge on any atom is -0.454 e. The number of aromatic nitrogens is 1. The topological polar surface area (TPSA) is 76.8 Å². The van der Waals surface area contributed by atoms with Crippen LogP contribution in [0.4, 0.5) is 0 Å². The summed E-state index contributed by atoms with van der Waals surface area (Å²) >= 11 is 1.55. The zero-order valence-electron chi connectivity index (χ0n) is 15.0. The number of carbonyl (C=O) groups excluding carboxylic acids is 1. The summed E-state index contributed by atoms with van der Waals surface area (Å²) in [5.41, 5.74) is 1.69. The van der Waals surface area contributed by atoms with Crippen molar-refractivity contribution in [2.45, 2.75) is 6.04 Å². The summed E-state index contributed by atoms with van der Waals surface area (Å²) in [5, 5.41) is 8.85. The zero-order valence-corrected chi connectivity index (χ0v) is 15.8. The smallest absolute Gasteiger partial charge is 0.289 e. The molecule has 0 unspecified atom stereocenters. The monoisotopic (exact) mass is 385 g/mol. The van der Waals surface area contributed by atoms with Crippen molar-refractivity contribution < 1.29 is 18.8 Å². The largest absolute Gasteiger partial charge is 0.454 e. The lowest BCUT2D eigenvalue weighted by Gasteiger charge is -2.25. The van der Waals surface area contributed by atoms with Crippen LogP contribution >= 0.6 is 11.3 Å². The number of benzene rings is 1. The average Bonchev–Trinajstić information content (AvgIpc) is 3.40. The Balaban J connectivity index is 1.44. The zero-order chi connectivity index (χ0) is 18.8. The van der Waals surface area contributed by atoms with Gasteiger partial charge in [-0.15, -0.1) is 11.3 Å². The highest BCUT2D eigenvalue weighted by atomic mass is 32.1. The maximum Gasteiger partial charge on any atom is 0.289 e. The molecule has 0 saturated carbocycles. The summed E-state index contributed by atoms with van der Waals surface area (Å²) in [6.45, 7) is 0.654. The van der Waals surface area contributed by atoms with Gasteiger partial charge >= 0.3 is 0 Å². The van der Waals surface area contributed by atoms with E-state index in [-0.39, 0.29) is 24.5 Å². The second-order valence-electron chi connectivity index (χ2n) is 6.36. The first-order valence-electron chi connectivity index (χ1n) is 8.46. The normalized spacial score (nSPS) is 13.7. The lowest BCUT2D eigenvalue weighted by Crippen LogP contribution is -2.34. The van der Waals surface area contributed by atoms with E-state index < -0.39 is 0 Å². The van der Waals surface area contributed by atoms with Crippen molar-refractivity contribution in [3.8, 4) is 22.1 Å². The van der Waals surface area contributed by atoms with Crippen LogP contribution in [0.25, 0.3) is 10.6 Å². The van der Waals surface area contributed by atoms with Crippen molar-refractivity contribution in [3.63, 3.8) is 0 Å². The van der Waals surface area contributed by atoms with Gasteiger partial charge in [0.2, 0.25) is 12.6 Å². The molecule has 4 rings (SSSR count). The van der Waals surface area contributed by atoms with Crippen LogP contribution in [0.3, 0.4) is 0 Å². The molecular weight excluding hydrogens is 366 g/mol. The van der Waals surface area contributed by atoms with E-state index in [4.69, 9.17) is 14.0 Å². The van der Waals surface area contributed by atoms with Gasteiger partial charge in [-0.3, -0.25) is 4.79 Å². The molecule has 1 N–H and O–H groups in total. The predicted molar refractivity (Wildman–Crippen MR) is 101 cm³/mol. The molecule has 0 fully saturated rings. The van der Waals surface area contributed by atoms with Crippen LogP contribution in [0.15, 0.2) is 46.3 Å². The number of likely N-dealkylation sites (N-methyl/N-ethyl adjacent to an activating group) is 1. The number of hydrogen-bond donors (Lipinski definition) is 1. The second kappa shape index (κ2) is 7.42. The van der Waals surface area contributed by atoms with Crippen LogP contribution in [0, 0.1) is 0 Å². The highest BCUT2D eigenvalue weighted by Gasteiger charge is 2.21. The van der Waals surface area contributed by atoms with E-state index >= 15 is 0 Å². The molecule has 1 aromatic carbocycles. The van der Waals surface area contributed by atoms with Gasteiger partial charge in [0.05, 0.1) is 10.9 Å². The number of nitrogens with zero attached hydrogens (tertiary/aromatic N) is 2. The van der Waals surface area contributed by atoms with Crippen molar-refractivity contribution in [3.05, 3.63) is 53.1 Å². The summed E-state index contributed by atoms with van der Waals surface area (Å²) in [7, 11) is 3.93. The summed E-state index contributed by atoms with van der Waals surface area (Å²) in [5.74, 6) is 1.36. The number of ether oxygens (including phenoxy) is 2. The standard InChI is InChI=1S/C19H19N3O4S/c1-22(2)14(12-5-6-15-16(8-12)25-11-24-15)10-20-19(23)17-9-13(21-26-17)18-4-3-7-27-18/h3-9,14H,10-11H2,1-2H3,(H,20,23)/t14-/m1/s1. The van der Waals surface area contributed by atoms with Crippen molar-refractivity contribution in [1.29, 1.82) is 0 Å². The average molecular weight is 385 g/mol. The Morgan fingerprint density at radius 1 is 1.26 bits per heavy atom. The maximum absolute atomic E-state index is 12.5. The molecule has 140 valence electrons. The van der Waals surface area contributed by atoms with Crippen molar-refractivity contribution in [1.82, 2.24) is 15.4 Å². The van der Waals surface area contributed by atoms with Gasteiger partial charge in [0.15, 0.2) is 11.5 Å². The van der Waals surface area contributed by atoms with E-state index in [2.05, 4.69) is 10.5 Å². The highest BCUT2D eigenvalue weighted by molar-refractivity contribution is 7.13. The van der Waals surface area contributed by atoms with Gasteiger partial charge in [-0.2, -0.15) is 0 Å². The fourth-order valence-electron chi connectivity index (χ4n) is 2.92. The molecule has 3 heterocycles. The first-order valence-corrected chi connectivity index (χ1v) is 9.34. The van der Waals surface area contributed by atoms with Crippen LogP contribution in [-0.2, 0) is 0 Å². The van der Waals surface area contributed by atoms with Gasteiger partial charge in [0.25, 0.3) is 5.91 Å². The van der Waals surface area contributed by atoms with E-state index in [1.54, 1.807) is 17.4 Å². The lowest BCUT2D eigenvalue weighted by atomic mass is 10.1. The third-order valence-electron chi connectivity index (χ3n) is 4.37. The molecule has 2 aromatic heterocycles. The molecule has 1 atom stereocenters. The number of amides is 1. The molecule has 0 spiro atoms. The molecule has 1 aliphatic heterocycles. The SMILES string of the molecule is CN(C)[C@H](CNC(=O)c1cc(-c2cccs2)no1)c1ccc2c(c1)OCO2. The Morgan fingerprint density at radius 2 is 2.11 bits per heavy atom. The van der Waals surface area contributed by atoms with E-state index in [0.29, 0.717) is 12.2 Å². The third kappa shape index (κ3) is 3.67. The number of thiophene rings is 1. The van der Waals surface area contributed by atoms with Crippen LogP contribution in [0.2, 0.25) is 0 Å². The molecule has 7 nitrogen and oxygen atoms in total. The summed E-state index contributed by atoms with van der Waals surface area (Å²) in [4.78, 5) is 15.5. The van der Waals surface area contributed by atoms with Crippen molar-refractivity contribution >= 4 is 17.2 Å². The number of nitrogens with one attached hydrogen (secondary N) is 1. The first-order chi connectivity index (χ1) is 13.1. The molecule has 8 heteroatoms. The molecule has 0 bridgehead atoms. The Morgan fingerprint density at radius 3 is 2.89 bits per heavy atom. The fourth-order valence-corrected chi connectivity index (χ4v) is 3.60.